The van der Waals surface area contributed by atoms with Crippen molar-refractivity contribution in [2.45, 2.75) is 25.1 Å². The Bertz CT molecular complexity index is 1020. The molecule has 3 aromatic heterocycles. The molecule has 1 amide bonds. The first-order valence-electron chi connectivity index (χ1n) is 9.59. The van der Waals surface area contributed by atoms with Crippen LogP contribution in [0.5, 0.6) is 0 Å². The van der Waals surface area contributed by atoms with E-state index in [0.29, 0.717) is 53.1 Å². The fourth-order valence-electron chi connectivity index (χ4n) is 3.47. The molecule has 2 atom stereocenters. The Morgan fingerprint density at radius 1 is 1.33 bits per heavy atom. The molecule has 0 unspecified atom stereocenters. The first-order valence-corrected chi connectivity index (χ1v) is 10.4. The van der Waals surface area contributed by atoms with Gasteiger partial charge in [0.1, 0.15) is 21.9 Å². The number of nitrogens with one attached hydrogen (secondary N) is 1. The first kappa shape index (κ1) is 20.2. The molecule has 3 aromatic rings. The highest BCUT2D eigenvalue weighted by atomic mass is 32.1. The molecular weight excluding hydrogens is 407 g/mol. The van der Waals surface area contributed by atoms with Gasteiger partial charge in [0.25, 0.3) is 5.91 Å². The van der Waals surface area contributed by atoms with Gasteiger partial charge in [-0.2, -0.15) is 5.10 Å². The molecule has 0 aromatic carbocycles. The van der Waals surface area contributed by atoms with Gasteiger partial charge in [-0.25, -0.2) is 9.37 Å². The van der Waals surface area contributed by atoms with E-state index < -0.39 is 18.1 Å². The fourth-order valence-corrected chi connectivity index (χ4v) is 4.28. The predicted molar refractivity (Wildman–Crippen MR) is 115 cm³/mol. The molecule has 11 heteroatoms. The molecule has 1 fully saturated rings. The smallest absolute Gasteiger partial charge is 0.277 e. The Labute approximate surface area is 176 Å². The Morgan fingerprint density at radius 3 is 2.90 bits per heavy atom. The summed E-state index contributed by atoms with van der Waals surface area (Å²) in [7, 11) is 1.78. The second-order valence-electron chi connectivity index (χ2n) is 7.15. The number of hydrogen-bond donors (Lipinski definition) is 3. The van der Waals surface area contributed by atoms with Crippen LogP contribution in [0.1, 0.15) is 23.3 Å². The van der Waals surface area contributed by atoms with Gasteiger partial charge in [-0.1, -0.05) is 17.4 Å². The minimum Gasteiger partial charge on any atom is -0.389 e. The van der Waals surface area contributed by atoms with Gasteiger partial charge >= 0.3 is 0 Å². The normalized spacial score (nSPS) is 19.5. The molecule has 0 bridgehead atoms. The van der Waals surface area contributed by atoms with Gasteiger partial charge in [0.05, 0.1) is 11.9 Å². The number of nitrogens with two attached hydrogens (primary N) is 2. The summed E-state index contributed by atoms with van der Waals surface area (Å²) in [6.45, 7) is 1.06. The average molecular weight is 431 g/mol. The molecule has 5 N–H and O–H groups in total. The van der Waals surface area contributed by atoms with Gasteiger partial charge in [-0.3, -0.25) is 14.5 Å². The second-order valence-corrected chi connectivity index (χ2v) is 8.18. The van der Waals surface area contributed by atoms with Gasteiger partial charge in [-0.15, -0.1) is 0 Å². The zero-order chi connectivity index (χ0) is 21.3. The van der Waals surface area contributed by atoms with E-state index in [1.807, 2.05) is 11.0 Å². The molecule has 1 saturated heterocycles. The summed E-state index contributed by atoms with van der Waals surface area (Å²) in [5.41, 5.74) is 13.2. The molecule has 1 aliphatic heterocycles. The molecule has 9 nitrogen and oxygen atoms in total. The van der Waals surface area contributed by atoms with E-state index in [2.05, 4.69) is 20.4 Å². The third kappa shape index (κ3) is 3.98. The van der Waals surface area contributed by atoms with Gasteiger partial charge < -0.3 is 21.7 Å². The number of halogens is 1. The van der Waals surface area contributed by atoms with Crippen molar-refractivity contribution in [1.29, 1.82) is 0 Å². The van der Waals surface area contributed by atoms with Gasteiger partial charge in [0.15, 0.2) is 11.5 Å². The monoisotopic (exact) mass is 430 g/mol. The zero-order valence-electron chi connectivity index (χ0n) is 16.5. The van der Waals surface area contributed by atoms with E-state index in [1.165, 1.54) is 11.3 Å². The van der Waals surface area contributed by atoms with Crippen LogP contribution in [0.4, 0.5) is 20.9 Å². The lowest BCUT2D eigenvalue weighted by atomic mass is 10.1. The average Bonchev–Trinajstić information content (AvgIpc) is 3.26. The number of alkyl halides is 1. The van der Waals surface area contributed by atoms with Crippen LogP contribution in [0.2, 0.25) is 0 Å². The summed E-state index contributed by atoms with van der Waals surface area (Å²) in [6, 6.07) is 4.97. The topological polar surface area (TPSA) is 128 Å². The van der Waals surface area contributed by atoms with Crippen LogP contribution in [0, 0.1) is 0 Å². The minimum absolute atomic E-state index is 0.136. The number of carbonyl (C=O) groups excluding carboxylic acids is 1. The van der Waals surface area contributed by atoms with Crippen molar-refractivity contribution in [1.82, 2.24) is 19.7 Å². The number of amides is 1. The number of anilines is 3. The molecular formula is C19H23FN8OS. The summed E-state index contributed by atoms with van der Waals surface area (Å²) in [6.07, 6.45) is 3.02. The standard InChI is InChI=1S/C19H23FN8OS/c1-27-19(28-8-5-11(20)12(21)6-9-28)14(10-24-27)25-17(29)15-16(22)30-18(26-15)13-4-2-3-7-23-13/h2-4,7,10-12H,5-6,8-9,21-22H2,1H3,(H,25,29)/t11-,12+/m1/s1. The van der Waals surface area contributed by atoms with Crippen molar-refractivity contribution < 1.29 is 9.18 Å². The van der Waals surface area contributed by atoms with E-state index in [0.717, 1.165) is 0 Å². The van der Waals surface area contributed by atoms with Crippen LogP contribution in [0.15, 0.2) is 30.6 Å². The Kier molecular flexibility index (Phi) is 5.64. The van der Waals surface area contributed by atoms with Crippen molar-refractivity contribution in [3.05, 3.63) is 36.3 Å². The van der Waals surface area contributed by atoms with Crippen molar-refractivity contribution >= 4 is 33.8 Å². The molecule has 0 aliphatic carbocycles. The number of hydrogen-bond acceptors (Lipinski definition) is 8. The number of nitrogens with zero attached hydrogens (tertiary/aromatic N) is 5. The van der Waals surface area contributed by atoms with Crippen LogP contribution in [0.3, 0.4) is 0 Å². The molecule has 4 rings (SSSR count). The predicted octanol–water partition coefficient (Wildman–Crippen LogP) is 2.04. The number of nitrogen functional groups attached to an aromatic ring is 1. The highest BCUT2D eigenvalue weighted by Crippen LogP contribution is 2.31. The molecule has 4 heterocycles. The quantitative estimate of drug-likeness (QED) is 0.578. The number of thiazole rings is 1. The SMILES string of the molecule is Cn1ncc(NC(=O)c2nc(-c3ccccn3)sc2N)c1N1CC[C@@H](F)[C@@H](N)CC1. The van der Waals surface area contributed by atoms with Crippen molar-refractivity contribution in [3.63, 3.8) is 0 Å². The lowest BCUT2D eigenvalue weighted by Gasteiger charge is -2.24. The molecule has 30 heavy (non-hydrogen) atoms. The number of carbonyl (C=O) groups is 1. The minimum atomic E-state index is -1.04. The maximum Gasteiger partial charge on any atom is 0.277 e. The lowest BCUT2D eigenvalue weighted by Crippen LogP contribution is -2.31. The third-order valence-corrected chi connectivity index (χ3v) is 5.99. The molecule has 1 aliphatic rings. The molecule has 0 saturated carbocycles. The van der Waals surface area contributed by atoms with Crippen LogP contribution >= 0.6 is 11.3 Å². The molecule has 0 spiro atoms. The van der Waals surface area contributed by atoms with Crippen LogP contribution < -0.4 is 21.7 Å². The maximum absolute atomic E-state index is 14.0. The maximum atomic E-state index is 14.0. The van der Waals surface area contributed by atoms with Crippen LogP contribution in [0.25, 0.3) is 10.7 Å². The molecule has 158 valence electrons. The first-order chi connectivity index (χ1) is 14.4. The number of aromatic nitrogens is 4. The van der Waals surface area contributed by atoms with Crippen molar-refractivity contribution in [2.75, 3.05) is 29.0 Å². The van der Waals surface area contributed by atoms with E-state index in [1.54, 1.807) is 36.3 Å². The highest BCUT2D eigenvalue weighted by Gasteiger charge is 2.27. The summed E-state index contributed by atoms with van der Waals surface area (Å²) in [5.74, 6) is 0.262. The van der Waals surface area contributed by atoms with E-state index in [4.69, 9.17) is 11.5 Å². The Hall–Kier alpha value is -3.05. The van der Waals surface area contributed by atoms with E-state index >= 15 is 0 Å². The highest BCUT2D eigenvalue weighted by molar-refractivity contribution is 7.19. The van der Waals surface area contributed by atoms with Crippen molar-refractivity contribution in [3.8, 4) is 10.7 Å². The van der Waals surface area contributed by atoms with Crippen molar-refractivity contribution in [2.24, 2.45) is 12.8 Å². The van der Waals surface area contributed by atoms with Gasteiger partial charge in [0, 0.05) is 32.4 Å². The lowest BCUT2D eigenvalue weighted by molar-refractivity contribution is 0.102. The number of aryl methyl sites for hydroxylation is 1. The third-order valence-electron chi connectivity index (χ3n) is 5.08. The summed E-state index contributed by atoms with van der Waals surface area (Å²) in [4.78, 5) is 23.5. The Balaban J connectivity index is 1.56. The number of rotatable bonds is 4. The fraction of sp³-hybridized carbons (Fsp3) is 0.368. The van der Waals surface area contributed by atoms with Gasteiger partial charge in [-0.05, 0) is 25.0 Å². The zero-order valence-corrected chi connectivity index (χ0v) is 17.3. The summed E-state index contributed by atoms with van der Waals surface area (Å²) in [5, 5.41) is 7.98. The Morgan fingerprint density at radius 2 is 2.13 bits per heavy atom. The van der Waals surface area contributed by atoms with E-state index in [-0.39, 0.29) is 5.69 Å². The van der Waals surface area contributed by atoms with Crippen LogP contribution in [-0.2, 0) is 7.05 Å². The van der Waals surface area contributed by atoms with E-state index in [9.17, 15) is 9.18 Å². The summed E-state index contributed by atoms with van der Waals surface area (Å²) >= 11 is 1.20. The largest absolute Gasteiger partial charge is 0.389 e. The number of pyridine rings is 1. The second kappa shape index (κ2) is 8.36. The van der Waals surface area contributed by atoms with Crippen LogP contribution in [-0.4, -0.2) is 51.0 Å². The summed E-state index contributed by atoms with van der Waals surface area (Å²) < 4.78 is 15.7. The van der Waals surface area contributed by atoms with Gasteiger partial charge in [0.2, 0.25) is 0 Å². The molecule has 0 radical (unpaired) electrons.